The van der Waals surface area contributed by atoms with Crippen molar-refractivity contribution >= 4 is 21.6 Å². The van der Waals surface area contributed by atoms with Gasteiger partial charge in [0.05, 0.1) is 16.8 Å². The molecule has 0 aliphatic carbocycles. The van der Waals surface area contributed by atoms with Gasteiger partial charge in [-0.1, -0.05) is 6.07 Å². The fraction of sp³-hybridized carbons (Fsp3) is 0.333. The van der Waals surface area contributed by atoms with E-state index in [1.165, 1.54) is 0 Å². The normalized spacial score (nSPS) is 9.92. The molecule has 1 aromatic carbocycles. The summed E-state index contributed by atoms with van der Waals surface area (Å²) < 4.78 is 6.32. The Morgan fingerprint density at radius 3 is 2.75 bits per heavy atom. The SMILES string of the molecule is CCOc1c(N)ccc(C)c1Br. The minimum atomic E-state index is 0.631. The van der Waals surface area contributed by atoms with Gasteiger partial charge in [0.15, 0.2) is 5.75 Å². The number of nitrogens with two attached hydrogens (primary N) is 1. The van der Waals surface area contributed by atoms with Crippen molar-refractivity contribution in [1.82, 2.24) is 0 Å². The number of ether oxygens (including phenoxy) is 1. The van der Waals surface area contributed by atoms with E-state index in [2.05, 4.69) is 15.9 Å². The zero-order valence-corrected chi connectivity index (χ0v) is 8.81. The zero-order valence-electron chi connectivity index (χ0n) is 7.23. The lowest BCUT2D eigenvalue weighted by Crippen LogP contribution is -1.98. The number of nitrogen functional groups attached to an aromatic ring is 1. The van der Waals surface area contributed by atoms with Gasteiger partial charge in [-0.05, 0) is 41.4 Å². The van der Waals surface area contributed by atoms with Crippen molar-refractivity contribution in [3.63, 3.8) is 0 Å². The summed E-state index contributed by atoms with van der Waals surface area (Å²) >= 11 is 3.43. The van der Waals surface area contributed by atoms with Crippen LogP contribution in [0.3, 0.4) is 0 Å². The van der Waals surface area contributed by atoms with Crippen LogP contribution >= 0.6 is 15.9 Å². The van der Waals surface area contributed by atoms with Gasteiger partial charge in [-0.2, -0.15) is 0 Å². The maximum atomic E-state index is 5.72. The number of aryl methyl sites for hydroxylation is 1. The molecule has 1 rings (SSSR count). The summed E-state index contributed by atoms with van der Waals surface area (Å²) in [5, 5.41) is 0. The lowest BCUT2D eigenvalue weighted by Gasteiger charge is -2.10. The second kappa shape index (κ2) is 3.81. The first-order valence-corrected chi connectivity index (χ1v) is 4.63. The van der Waals surface area contributed by atoms with Crippen LogP contribution in [0.15, 0.2) is 16.6 Å². The van der Waals surface area contributed by atoms with E-state index in [0.29, 0.717) is 12.3 Å². The van der Waals surface area contributed by atoms with Gasteiger partial charge >= 0.3 is 0 Å². The van der Waals surface area contributed by atoms with Crippen LogP contribution in [0.1, 0.15) is 12.5 Å². The van der Waals surface area contributed by atoms with E-state index in [-0.39, 0.29) is 0 Å². The number of hydrogen-bond acceptors (Lipinski definition) is 2. The number of anilines is 1. The Labute approximate surface area is 80.8 Å². The van der Waals surface area contributed by atoms with Gasteiger partial charge in [-0.15, -0.1) is 0 Å². The summed E-state index contributed by atoms with van der Waals surface area (Å²) in [7, 11) is 0. The predicted octanol–water partition coefficient (Wildman–Crippen LogP) is 2.74. The van der Waals surface area contributed by atoms with Gasteiger partial charge in [0.1, 0.15) is 0 Å². The highest BCUT2D eigenvalue weighted by Gasteiger charge is 2.06. The van der Waals surface area contributed by atoms with E-state index in [9.17, 15) is 0 Å². The van der Waals surface area contributed by atoms with Crippen LogP contribution in [0.4, 0.5) is 5.69 Å². The number of benzene rings is 1. The molecule has 0 aliphatic rings. The van der Waals surface area contributed by atoms with Crippen LogP contribution < -0.4 is 10.5 Å². The van der Waals surface area contributed by atoms with E-state index in [4.69, 9.17) is 10.5 Å². The van der Waals surface area contributed by atoms with E-state index in [0.717, 1.165) is 15.8 Å². The first-order valence-electron chi connectivity index (χ1n) is 3.84. The quantitative estimate of drug-likeness (QED) is 0.793. The second-order valence-corrected chi connectivity index (χ2v) is 3.34. The molecule has 0 atom stereocenters. The molecule has 0 radical (unpaired) electrons. The Morgan fingerprint density at radius 2 is 2.17 bits per heavy atom. The molecule has 0 aromatic heterocycles. The van der Waals surface area contributed by atoms with Crippen molar-refractivity contribution in [3.8, 4) is 5.75 Å². The van der Waals surface area contributed by atoms with Gasteiger partial charge < -0.3 is 10.5 Å². The summed E-state index contributed by atoms with van der Waals surface area (Å²) in [6.45, 7) is 4.58. The maximum absolute atomic E-state index is 5.72. The summed E-state index contributed by atoms with van der Waals surface area (Å²) in [4.78, 5) is 0. The van der Waals surface area contributed by atoms with Gasteiger partial charge in [-0.25, -0.2) is 0 Å². The fourth-order valence-corrected chi connectivity index (χ4v) is 1.44. The summed E-state index contributed by atoms with van der Waals surface area (Å²) in [5.41, 5.74) is 7.53. The van der Waals surface area contributed by atoms with Crippen molar-refractivity contribution in [2.45, 2.75) is 13.8 Å². The van der Waals surface area contributed by atoms with Crippen molar-refractivity contribution in [1.29, 1.82) is 0 Å². The molecule has 3 heteroatoms. The van der Waals surface area contributed by atoms with Crippen LogP contribution in [0.25, 0.3) is 0 Å². The van der Waals surface area contributed by atoms with Crippen molar-refractivity contribution in [2.75, 3.05) is 12.3 Å². The smallest absolute Gasteiger partial charge is 0.156 e. The van der Waals surface area contributed by atoms with Crippen LogP contribution in [-0.4, -0.2) is 6.61 Å². The molecule has 0 fully saturated rings. The molecule has 0 bridgehead atoms. The van der Waals surface area contributed by atoms with Crippen LogP contribution in [-0.2, 0) is 0 Å². The molecule has 2 N–H and O–H groups in total. The first-order chi connectivity index (χ1) is 5.66. The minimum Gasteiger partial charge on any atom is -0.491 e. The fourth-order valence-electron chi connectivity index (χ4n) is 0.960. The molecule has 66 valence electrons. The molecule has 12 heavy (non-hydrogen) atoms. The predicted molar refractivity (Wildman–Crippen MR) is 54.5 cm³/mol. The van der Waals surface area contributed by atoms with Gasteiger partial charge in [0.25, 0.3) is 0 Å². The van der Waals surface area contributed by atoms with Gasteiger partial charge in [-0.3, -0.25) is 0 Å². The van der Waals surface area contributed by atoms with Crippen LogP contribution in [0.5, 0.6) is 5.75 Å². The average Bonchev–Trinajstić information content (AvgIpc) is 2.06. The van der Waals surface area contributed by atoms with Crippen molar-refractivity contribution in [2.24, 2.45) is 0 Å². The van der Waals surface area contributed by atoms with E-state index in [1.807, 2.05) is 26.0 Å². The third kappa shape index (κ3) is 1.72. The summed E-state index contributed by atoms with van der Waals surface area (Å²) in [6, 6.07) is 3.81. The number of rotatable bonds is 2. The van der Waals surface area contributed by atoms with Crippen molar-refractivity contribution < 1.29 is 4.74 Å². The lowest BCUT2D eigenvalue weighted by atomic mass is 10.2. The van der Waals surface area contributed by atoms with Gasteiger partial charge in [0, 0.05) is 0 Å². The monoisotopic (exact) mass is 229 g/mol. The Kier molecular flexibility index (Phi) is 2.98. The molecule has 0 amide bonds. The van der Waals surface area contributed by atoms with Crippen molar-refractivity contribution in [3.05, 3.63) is 22.2 Å². The second-order valence-electron chi connectivity index (χ2n) is 2.55. The topological polar surface area (TPSA) is 35.2 Å². The Hall–Kier alpha value is -0.700. The van der Waals surface area contributed by atoms with Crippen LogP contribution in [0, 0.1) is 6.92 Å². The minimum absolute atomic E-state index is 0.631. The largest absolute Gasteiger partial charge is 0.491 e. The molecule has 0 aliphatic heterocycles. The Morgan fingerprint density at radius 1 is 1.50 bits per heavy atom. The molecule has 0 saturated heterocycles. The average molecular weight is 230 g/mol. The van der Waals surface area contributed by atoms with Crippen LogP contribution in [0.2, 0.25) is 0 Å². The summed E-state index contributed by atoms with van der Waals surface area (Å²) in [5.74, 6) is 0.748. The molecular weight excluding hydrogens is 218 g/mol. The highest BCUT2D eigenvalue weighted by atomic mass is 79.9. The van der Waals surface area contributed by atoms with E-state index < -0.39 is 0 Å². The van der Waals surface area contributed by atoms with E-state index in [1.54, 1.807) is 0 Å². The first kappa shape index (κ1) is 9.39. The molecule has 0 spiro atoms. The highest BCUT2D eigenvalue weighted by Crippen LogP contribution is 2.33. The standard InChI is InChI=1S/C9H12BrNO/c1-3-12-9-7(11)5-4-6(2)8(9)10/h4-5H,3,11H2,1-2H3. The van der Waals surface area contributed by atoms with E-state index >= 15 is 0 Å². The Bertz CT molecular complexity index is 286. The lowest BCUT2D eigenvalue weighted by molar-refractivity contribution is 0.339. The molecule has 0 unspecified atom stereocenters. The van der Waals surface area contributed by atoms with Gasteiger partial charge in [0.2, 0.25) is 0 Å². The molecular formula is C9H12BrNO. The molecule has 0 heterocycles. The number of halogens is 1. The zero-order chi connectivity index (χ0) is 9.14. The Balaban J connectivity index is 3.14. The molecule has 1 aromatic rings. The third-order valence-electron chi connectivity index (χ3n) is 1.61. The summed E-state index contributed by atoms with van der Waals surface area (Å²) in [6.07, 6.45) is 0. The maximum Gasteiger partial charge on any atom is 0.156 e. The molecule has 2 nitrogen and oxygen atoms in total. The third-order valence-corrected chi connectivity index (χ3v) is 2.59. The highest BCUT2D eigenvalue weighted by molar-refractivity contribution is 9.10. The number of hydrogen-bond donors (Lipinski definition) is 1. The molecule has 0 saturated carbocycles.